The molecule has 0 atom stereocenters. The van der Waals surface area contributed by atoms with Crippen molar-refractivity contribution >= 4 is 23.6 Å². The van der Waals surface area contributed by atoms with Crippen LogP contribution in [0, 0.1) is 5.41 Å². The zero-order valence-electron chi connectivity index (χ0n) is 5.16. The normalized spacial score (nSPS) is 8.80. The van der Waals surface area contributed by atoms with Crippen LogP contribution in [0.5, 0.6) is 0 Å². The van der Waals surface area contributed by atoms with Gasteiger partial charge in [-0.1, -0.05) is 11.1 Å². The molecule has 0 radical (unpaired) electrons. The molecule has 1 aromatic heterocycles. The molecule has 0 aliphatic heterocycles. The summed E-state index contributed by atoms with van der Waals surface area (Å²) in [6, 6.07) is 0. The third-order valence-corrected chi connectivity index (χ3v) is 1.55. The summed E-state index contributed by atoms with van der Waals surface area (Å²) in [4.78, 5) is 0.708. The van der Waals surface area contributed by atoms with Crippen molar-refractivity contribution in [3.8, 4) is 0 Å². The molecule has 0 unspecified atom stereocenters. The third kappa shape index (κ3) is 1.19. The van der Waals surface area contributed by atoms with Gasteiger partial charge in [0.05, 0.1) is 0 Å². The predicted molar refractivity (Wildman–Crippen MR) is 41.6 cm³/mol. The Morgan fingerprint density at radius 2 is 2.50 bits per heavy atom. The molecule has 0 aliphatic carbocycles. The molecule has 0 aliphatic rings. The zero-order chi connectivity index (χ0) is 7.40. The summed E-state index contributed by atoms with van der Waals surface area (Å²) in [5, 5.41) is 13.4. The lowest BCUT2D eigenvalue weighted by molar-refractivity contribution is 1.15. The Morgan fingerprint density at radius 3 is 3.10 bits per heavy atom. The van der Waals surface area contributed by atoms with Gasteiger partial charge in [0.15, 0.2) is 5.82 Å². The van der Waals surface area contributed by atoms with E-state index in [0.717, 1.165) is 0 Å². The molecule has 1 rings (SSSR count). The Balaban J connectivity index is 2.89. The van der Waals surface area contributed by atoms with Crippen molar-refractivity contribution < 1.29 is 0 Å². The monoisotopic (exact) mass is 154 g/mol. The lowest BCUT2D eigenvalue weighted by atomic mass is 10.5. The van der Waals surface area contributed by atoms with Crippen LogP contribution in [-0.2, 0) is 0 Å². The van der Waals surface area contributed by atoms with E-state index >= 15 is 0 Å². The van der Waals surface area contributed by atoms with Crippen LogP contribution in [-0.4, -0.2) is 15.8 Å². The first-order valence-corrected chi connectivity index (χ1v) is 3.36. The molecule has 2 N–H and O–H groups in total. The average molecular weight is 154 g/mol. The molecule has 0 fully saturated rings. The Bertz CT molecular complexity index is 242. The van der Waals surface area contributed by atoms with Crippen molar-refractivity contribution in [3.05, 3.63) is 17.7 Å². The van der Waals surface area contributed by atoms with Gasteiger partial charge in [-0.3, -0.25) is 0 Å². The van der Waals surface area contributed by atoms with Crippen LogP contribution in [0.2, 0.25) is 0 Å². The Kier molecular flexibility index (Phi) is 2.11. The average Bonchev–Trinajstić information content (AvgIpc) is 2.36. The van der Waals surface area contributed by atoms with Gasteiger partial charge in [-0.2, -0.15) is 0 Å². The number of aromatic nitrogens is 2. The Labute approximate surface area is 62.3 Å². The lowest BCUT2D eigenvalue weighted by Gasteiger charge is -1.90. The summed E-state index contributed by atoms with van der Waals surface area (Å²) in [5.74, 6) is 0.593. The van der Waals surface area contributed by atoms with Gasteiger partial charge < -0.3 is 10.7 Å². The molecule has 52 valence electrons. The maximum Gasteiger partial charge on any atom is 0.174 e. The molecular weight excluding hydrogens is 148 g/mol. The summed E-state index contributed by atoms with van der Waals surface area (Å²) >= 11 is 1.18. The van der Waals surface area contributed by atoms with Gasteiger partial charge >= 0.3 is 0 Å². The van der Waals surface area contributed by atoms with E-state index in [1.807, 2.05) is 0 Å². The molecule has 0 spiro atoms. The Morgan fingerprint density at radius 1 is 1.70 bits per heavy atom. The van der Waals surface area contributed by atoms with Crippen LogP contribution < -0.4 is 5.32 Å². The first kappa shape index (κ1) is 6.88. The van der Waals surface area contributed by atoms with Gasteiger partial charge in [0.25, 0.3) is 0 Å². The molecule has 0 saturated carbocycles. The van der Waals surface area contributed by atoms with Crippen LogP contribution in [0.25, 0.3) is 0 Å². The second-order valence-electron chi connectivity index (χ2n) is 1.48. The van der Waals surface area contributed by atoms with Crippen molar-refractivity contribution in [2.75, 3.05) is 5.32 Å². The number of nitrogens with zero attached hydrogens (tertiary/aromatic N) is 2. The highest BCUT2D eigenvalue weighted by Gasteiger charge is 2.00. The second kappa shape index (κ2) is 3.07. The number of hydrogen-bond donors (Lipinski definition) is 2. The van der Waals surface area contributed by atoms with Gasteiger partial charge in [0.1, 0.15) is 4.88 Å². The zero-order valence-corrected chi connectivity index (χ0v) is 5.98. The number of rotatable bonds is 3. The molecule has 10 heavy (non-hydrogen) atoms. The first-order chi connectivity index (χ1) is 4.88. The summed E-state index contributed by atoms with van der Waals surface area (Å²) < 4.78 is 3.64. The SMILES string of the molecule is C=CNc1nnsc1C=N. The van der Waals surface area contributed by atoms with Gasteiger partial charge in [-0.05, 0) is 17.7 Å². The highest BCUT2D eigenvalue weighted by Crippen LogP contribution is 2.11. The molecule has 4 nitrogen and oxygen atoms in total. The molecule has 5 heteroatoms. The fourth-order valence-corrected chi connectivity index (χ4v) is 0.938. The molecule has 1 heterocycles. The number of hydrogen-bond acceptors (Lipinski definition) is 5. The van der Waals surface area contributed by atoms with E-state index in [9.17, 15) is 0 Å². The summed E-state index contributed by atoms with van der Waals surface area (Å²) in [6.45, 7) is 3.46. The molecular formula is C5H6N4S. The van der Waals surface area contributed by atoms with Gasteiger partial charge in [0, 0.05) is 6.21 Å². The quantitative estimate of drug-likeness (QED) is 0.640. The van der Waals surface area contributed by atoms with Gasteiger partial charge in [-0.15, -0.1) is 5.10 Å². The maximum absolute atomic E-state index is 6.91. The molecule has 0 bridgehead atoms. The fourth-order valence-electron chi connectivity index (χ4n) is 0.489. The Hall–Kier alpha value is -1.23. The topological polar surface area (TPSA) is 61.7 Å². The van der Waals surface area contributed by atoms with E-state index in [-0.39, 0.29) is 0 Å². The fraction of sp³-hybridized carbons (Fsp3) is 0. The minimum absolute atomic E-state index is 0.593. The molecule has 0 aromatic carbocycles. The summed E-state index contributed by atoms with van der Waals surface area (Å²) in [7, 11) is 0. The molecule has 1 aromatic rings. The highest BCUT2D eigenvalue weighted by molar-refractivity contribution is 7.08. The van der Waals surface area contributed by atoms with Gasteiger partial charge in [-0.25, -0.2) is 0 Å². The van der Waals surface area contributed by atoms with Crippen molar-refractivity contribution in [2.45, 2.75) is 0 Å². The van der Waals surface area contributed by atoms with Crippen molar-refractivity contribution in [3.63, 3.8) is 0 Å². The standard InChI is InChI=1S/C5H6N4S/c1-2-7-5-4(3-6)10-9-8-5/h2-3,6-7H,1H2. The minimum Gasteiger partial charge on any atom is -0.344 e. The van der Waals surface area contributed by atoms with E-state index in [1.54, 1.807) is 0 Å². The van der Waals surface area contributed by atoms with E-state index < -0.39 is 0 Å². The number of anilines is 1. The van der Waals surface area contributed by atoms with Crippen molar-refractivity contribution in [2.24, 2.45) is 0 Å². The largest absolute Gasteiger partial charge is 0.344 e. The van der Waals surface area contributed by atoms with Gasteiger partial charge in [0.2, 0.25) is 0 Å². The van der Waals surface area contributed by atoms with Crippen molar-refractivity contribution in [1.82, 2.24) is 9.59 Å². The molecule has 0 saturated heterocycles. The van der Waals surface area contributed by atoms with Crippen LogP contribution in [0.3, 0.4) is 0 Å². The van der Waals surface area contributed by atoms with E-state index in [4.69, 9.17) is 5.41 Å². The third-order valence-electron chi connectivity index (χ3n) is 0.883. The van der Waals surface area contributed by atoms with Crippen LogP contribution >= 0.6 is 11.5 Å². The van der Waals surface area contributed by atoms with E-state index in [0.29, 0.717) is 10.7 Å². The molecule has 0 amide bonds. The summed E-state index contributed by atoms with van der Waals surface area (Å²) in [5.41, 5.74) is 0. The maximum atomic E-state index is 6.91. The van der Waals surface area contributed by atoms with Crippen LogP contribution in [0.15, 0.2) is 12.8 Å². The first-order valence-electron chi connectivity index (χ1n) is 2.58. The van der Waals surface area contributed by atoms with E-state index in [1.165, 1.54) is 23.9 Å². The highest BCUT2D eigenvalue weighted by atomic mass is 32.1. The second-order valence-corrected chi connectivity index (χ2v) is 2.26. The van der Waals surface area contributed by atoms with Crippen molar-refractivity contribution in [1.29, 1.82) is 5.41 Å². The predicted octanol–water partition coefficient (Wildman–Crippen LogP) is 1.09. The minimum atomic E-state index is 0.593. The van der Waals surface area contributed by atoms with Crippen LogP contribution in [0.4, 0.5) is 5.82 Å². The number of nitrogens with one attached hydrogen (secondary N) is 2. The smallest absolute Gasteiger partial charge is 0.174 e. The summed E-state index contributed by atoms with van der Waals surface area (Å²) in [6.07, 6.45) is 2.71. The van der Waals surface area contributed by atoms with Crippen LogP contribution in [0.1, 0.15) is 4.88 Å². The van der Waals surface area contributed by atoms with E-state index in [2.05, 4.69) is 21.5 Å². The lowest BCUT2D eigenvalue weighted by Crippen LogP contribution is -1.89.